The Morgan fingerprint density at radius 1 is 1.21 bits per heavy atom. The zero-order valence-electron chi connectivity index (χ0n) is 16.2. The third-order valence-electron chi connectivity index (χ3n) is 4.35. The number of aryl methyl sites for hydroxylation is 1. The highest BCUT2D eigenvalue weighted by Gasteiger charge is 2.14. The smallest absolute Gasteiger partial charge is 0.260 e. The summed E-state index contributed by atoms with van der Waals surface area (Å²) in [5.74, 6) is 0.420. The van der Waals surface area contributed by atoms with Crippen molar-refractivity contribution in [3.63, 3.8) is 0 Å². The molecule has 146 valence electrons. The number of pyridine rings is 2. The Labute approximate surface area is 162 Å². The second kappa shape index (κ2) is 8.67. The molecule has 0 saturated heterocycles. The topological polar surface area (TPSA) is 82.5 Å². The van der Waals surface area contributed by atoms with Crippen molar-refractivity contribution >= 4 is 22.5 Å². The monoisotopic (exact) mass is 381 g/mol. The lowest BCUT2D eigenvalue weighted by molar-refractivity contribution is 0.102. The van der Waals surface area contributed by atoms with Crippen molar-refractivity contribution in [2.75, 3.05) is 25.6 Å². The summed E-state index contributed by atoms with van der Waals surface area (Å²) in [4.78, 5) is 29.9. The third-order valence-corrected chi connectivity index (χ3v) is 4.35. The molecule has 1 N–H and O–H groups in total. The van der Waals surface area contributed by atoms with E-state index in [1.165, 1.54) is 0 Å². The van der Waals surface area contributed by atoms with Crippen LogP contribution in [0.25, 0.3) is 10.9 Å². The molecule has 0 saturated carbocycles. The highest BCUT2D eigenvalue weighted by molar-refractivity contribution is 6.06. The van der Waals surface area contributed by atoms with Crippen LogP contribution >= 0.6 is 0 Å². The number of carbonyl (C=O) groups excluding carboxylic acids is 1. The van der Waals surface area contributed by atoms with Crippen LogP contribution in [0.4, 0.5) is 5.69 Å². The minimum absolute atomic E-state index is 0.197. The molecule has 0 aliphatic carbocycles. The summed E-state index contributed by atoms with van der Waals surface area (Å²) in [5, 5.41) is 3.24. The Morgan fingerprint density at radius 3 is 2.64 bits per heavy atom. The van der Waals surface area contributed by atoms with E-state index in [-0.39, 0.29) is 11.5 Å². The summed E-state index contributed by atoms with van der Waals surface area (Å²) in [5.41, 5.74) is 1.93. The summed E-state index contributed by atoms with van der Waals surface area (Å²) < 4.78 is 12.0. The molecular formula is C21H23N3O4. The molecular weight excluding hydrogens is 358 g/mol. The fraction of sp³-hybridized carbons (Fsp3) is 0.286. The van der Waals surface area contributed by atoms with Crippen LogP contribution in [-0.2, 0) is 11.3 Å². The van der Waals surface area contributed by atoms with E-state index in [0.29, 0.717) is 47.6 Å². The molecule has 1 amide bonds. The molecule has 28 heavy (non-hydrogen) atoms. The zero-order valence-corrected chi connectivity index (χ0v) is 16.2. The molecule has 2 aromatic heterocycles. The Bertz CT molecular complexity index is 1040. The van der Waals surface area contributed by atoms with Gasteiger partial charge in [0.2, 0.25) is 0 Å². The SMILES string of the molecule is CCOc1ccc(NC(=O)c2cc3c(=O)n(CCOC)ccc3nc2C)cc1. The summed E-state index contributed by atoms with van der Waals surface area (Å²) in [6, 6.07) is 10.5. The molecule has 3 aromatic rings. The molecule has 3 rings (SSSR count). The quantitative estimate of drug-likeness (QED) is 0.680. The fourth-order valence-corrected chi connectivity index (χ4v) is 2.90. The molecule has 0 bridgehead atoms. The van der Waals surface area contributed by atoms with Crippen molar-refractivity contribution < 1.29 is 14.3 Å². The van der Waals surface area contributed by atoms with E-state index in [9.17, 15) is 9.59 Å². The maximum Gasteiger partial charge on any atom is 0.260 e. The van der Waals surface area contributed by atoms with Crippen LogP contribution in [0.5, 0.6) is 5.75 Å². The number of methoxy groups -OCH3 is 1. The average Bonchev–Trinajstić information content (AvgIpc) is 2.69. The number of hydrogen-bond acceptors (Lipinski definition) is 5. The summed E-state index contributed by atoms with van der Waals surface area (Å²) >= 11 is 0. The largest absolute Gasteiger partial charge is 0.494 e. The number of nitrogens with zero attached hydrogens (tertiary/aromatic N) is 2. The molecule has 0 aliphatic heterocycles. The van der Waals surface area contributed by atoms with E-state index in [2.05, 4.69) is 10.3 Å². The van der Waals surface area contributed by atoms with Gasteiger partial charge >= 0.3 is 0 Å². The van der Waals surface area contributed by atoms with E-state index in [4.69, 9.17) is 9.47 Å². The maximum absolute atomic E-state index is 12.7. The normalized spacial score (nSPS) is 10.8. The number of anilines is 1. The van der Waals surface area contributed by atoms with E-state index in [0.717, 1.165) is 5.75 Å². The summed E-state index contributed by atoms with van der Waals surface area (Å²) in [6.45, 7) is 5.11. The number of amides is 1. The van der Waals surface area contributed by atoms with E-state index >= 15 is 0 Å². The van der Waals surface area contributed by atoms with Crippen LogP contribution in [-0.4, -0.2) is 35.8 Å². The van der Waals surface area contributed by atoms with Gasteiger partial charge in [0, 0.05) is 25.5 Å². The van der Waals surface area contributed by atoms with Crippen LogP contribution in [0.15, 0.2) is 47.4 Å². The van der Waals surface area contributed by atoms with Gasteiger partial charge in [-0.05, 0) is 50.2 Å². The van der Waals surface area contributed by atoms with Crippen molar-refractivity contribution in [1.82, 2.24) is 9.55 Å². The first-order valence-electron chi connectivity index (χ1n) is 9.07. The van der Waals surface area contributed by atoms with Gasteiger partial charge < -0.3 is 19.4 Å². The molecule has 0 unspecified atom stereocenters. The van der Waals surface area contributed by atoms with Gasteiger partial charge in [-0.25, -0.2) is 0 Å². The fourth-order valence-electron chi connectivity index (χ4n) is 2.90. The molecule has 0 spiro atoms. The van der Waals surface area contributed by atoms with Crippen molar-refractivity contribution in [3.05, 3.63) is 64.2 Å². The van der Waals surface area contributed by atoms with Gasteiger partial charge in [0.05, 0.1) is 35.4 Å². The molecule has 0 aliphatic rings. The third kappa shape index (κ3) is 4.20. The second-order valence-corrected chi connectivity index (χ2v) is 6.27. The number of rotatable bonds is 7. The molecule has 7 nitrogen and oxygen atoms in total. The van der Waals surface area contributed by atoms with Crippen molar-refractivity contribution in [1.29, 1.82) is 0 Å². The number of aromatic nitrogens is 2. The maximum atomic E-state index is 12.7. The minimum atomic E-state index is -0.317. The number of carbonyl (C=O) groups is 1. The molecule has 0 radical (unpaired) electrons. The van der Waals surface area contributed by atoms with Gasteiger partial charge in [0.1, 0.15) is 5.75 Å². The standard InChI is InChI=1S/C21H23N3O4/c1-4-28-16-7-5-15(6-8-16)23-20(25)17-13-18-19(22-14(17)2)9-10-24(21(18)26)11-12-27-3/h5-10,13H,4,11-12H2,1-3H3,(H,23,25). The van der Waals surface area contributed by atoms with Crippen LogP contribution in [0, 0.1) is 6.92 Å². The number of ether oxygens (including phenoxy) is 2. The minimum Gasteiger partial charge on any atom is -0.494 e. The van der Waals surface area contributed by atoms with Gasteiger partial charge in [-0.15, -0.1) is 0 Å². The number of benzene rings is 1. The highest BCUT2D eigenvalue weighted by Crippen LogP contribution is 2.18. The van der Waals surface area contributed by atoms with Crippen molar-refractivity contribution in [2.24, 2.45) is 0 Å². The lowest BCUT2D eigenvalue weighted by atomic mass is 10.1. The number of fused-ring (bicyclic) bond motifs is 1. The Morgan fingerprint density at radius 2 is 1.96 bits per heavy atom. The number of hydrogen-bond donors (Lipinski definition) is 1. The Kier molecular flexibility index (Phi) is 6.06. The molecule has 0 atom stereocenters. The lowest BCUT2D eigenvalue weighted by Crippen LogP contribution is -2.23. The Hall–Kier alpha value is -3.19. The van der Waals surface area contributed by atoms with Gasteiger partial charge in [0.25, 0.3) is 11.5 Å². The van der Waals surface area contributed by atoms with Crippen molar-refractivity contribution in [3.8, 4) is 5.75 Å². The van der Waals surface area contributed by atoms with Crippen LogP contribution in [0.3, 0.4) is 0 Å². The van der Waals surface area contributed by atoms with E-state index < -0.39 is 0 Å². The predicted molar refractivity (Wildman–Crippen MR) is 108 cm³/mol. The van der Waals surface area contributed by atoms with Crippen LogP contribution in [0.1, 0.15) is 23.0 Å². The van der Waals surface area contributed by atoms with Crippen LogP contribution in [0.2, 0.25) is 0 Å². The van der Waals surface area contributed by atoms with E-state index in [1.807, 2.05) is 6.92 Å². The van der Waals surface area contributed by atoms with Gasteiger partial charge in [-0.2, -0.15) is 0 Å². The van der Waals surface area contributed by atoms with E-state index in [1.54, 1.807) is 61.2 Å². The zero-order chi connectivity index (χ0) is 20.1. The molecule has 1 aromatic carbocycles. The lowest BCUT2D eigenvalue weighted by Gasteiger charge is -2.11. The average molecular weight is 381 g/mol. The molecule has 2 heterocycles. The summed E-state index contributed by atoms with van der Waals surface area (Å²) in [7, 11) is 1.58. The predicted octanol–water partition coefficient (Wildman–Crippen LogP) is 3.00. The first-order valence-corrected chi connectivity index (χ1v) is 9.07. The number of nitrogens with one attached hydrogen (secondary N) is 1. The van der Waals surface area contributed by atoms with Crippen molar-refractivity contribution in [2.45, 2.75) is 20.4 Å². The molecule has 0 fully saturated rings. The van der Waals surface area contributed by atoms with Gasteiger partial charge in [-0.3, -0.25) is 14.6 Å². The van der Waals surface area contributed by atoms with Gasteiger partial charge in [-0.1, -0.05) is 0 Å². The first-order chi connectivity index (χ1) is 13.5. The Balaban J connectivity index is 1.90. The second-order valence-electron chi connectivity index (χ2n) is 6.27. The first kappa shape index (κ1) is 19.6. The molecule has 7 heteroatoms. The summed E-state index contributed by atoms with van der Waals surface area (Å²) in [6.07, 6.45) is 1.69. The highest BCUT2D eigenvalue weighted by atomic mass is 16.5. The van der Waals surface area contributed by atoms with Gasteiger partial charge in [0.15, 0.2) is 0 Å². The van der Waals surface area contributed by atoms with Crippen LogP contribution < -0.4 is 15.6 Å².